The van der Waals surface area contributed by atoms with Crippen LogP contribution in [0.5, 0.6) is 0 Å². The van der Waals surface area contributed by atoms with Crippen molar-refractivity contribution in [3.05, 3.63) is 69.0 Å². The number of alkyl halides is 3. The molecule has 10 heteroatoms. The van der Waals surface area contributed by atoms with Gasteiger partial charge < -0.3 is 5.32 Å². The van der Waals surface area contributed by atoms with E-state index in [0.29, 0.717) is 11.0 Å². The third kappa shape index (κ3) is 4.51. The first-order chi connectivity index (χ1) is 12.1. The second-order valence-corrected chi connectivity index (χ2v) is 5.97. The molecule has 2 aromatic rings. The van der Waals surface area contributed by atoms with Crippen LogP contribution in [0.4, 0.5) is 23.2 Å². The lowest BCUT2D eigenvalue weighted by Gasteiger charge is -2.13. The fourth-order valence-corrected chi connectivity index (χ4v) is 2.76. The molecule has 0 atom stereocenters. The molecule has 0 aromatic heterocycles. The van der Waals surface area contributed by atoms with Crippen molar-refractivity contribution >= 4 is 23.4 Å². The van der Waals surface area contributed by atoms with Gasteiger partial charge in [-0.3, -0.25) is 14.9 Å². The lowest BCUT2D eigenvalue weighted by Crippen LogP contribution is -2.24. The number of halogens is 4. The van der Waals surface area contributed by atoms with Gasteiger partial charge in [0, 0.05) is 18.2 Å². The van der Waals surface area contributed by atoms with Gasteiger partial charge in [0.2, 0.25) is 0 Å². The molecule has 0 fully saturated rings. The van der Waals surface area contributed by atoms with Crippen LogP contribution in [0.1, 0.15) is 21.5 Å². The Morgan fingerprint density at radius 1 is 1.23 bits per heavy atom. The first-order valence-corrected chi connectivity index (χ1v) is 8.32. The second-order valence-electron chi connectivity index (χ2n) is 5.13. The summed E-state index contributed by atoms with van der Waals surface area (Å²) in [4.78, 5) is 22.8. The Morgan fingerprint density at radius 2 is 1.92 bits per heavy atom. The minimum atomic E-state index is -4.78. The van der Waals surface area contributed by atoms with Crippen LogP contribution >= 0.6 is 11.8 Å². The van der Waals surface area contributed by atoms with E-state index in [1.54, 1.807) is 6.26 Å². The van der Waals surface area contributed by atoms with Gasteiger partial charge in [0.25, 0.3) is 11.6 Å². The molecule has 0 heterocycles. The van der Waals surface area contributed by atoms with E-state index in [9.17, 15) is 32.5 Å². The predicted molar refractivity (Wildman–Crippen MR) is 87.4 cm³/mol. The molecule has 0 saturated heterocycles. The molecule has 5 nitrogen and oxygen atoms in total. The van der Waals surface area contributed by atoms with Crippen LogP contribution in [0.25, 0.3) is 0 Å². The number of thioether (sulfide) groups is 1. The number of carbonyl (C=O) groups is 1. The Bertz CT molecular complexity index is 856. The van der Waals surface area contributed by atoms with Gasteiger partial charge in [0.15, 0.2) is 0 Å². The fourth-order valence-electron chi connectivity index (χ4n) is 2.22. The highest BCUT2D eigenvalue weighted by atomic mass is 32.2. The molecule has 2 aromatic carbocycles. The molecule has 0 bridgehead atoms. The van der Waals surface area contributed by atoms with Crippen LogP contribution in [0.2, 0.25) is 0 Å². The zero-order chi connectivity index (χ0) is 19.5. The number of hydrogen-bond acceptors (Lipinski definition) is 4. The predicted octanol–water partition coefficient (Wildman–Crippen LogP) is 4.40. The van der Waals surface area contributed by atoms with Gasteiger partial charge in [-0.15, -0.1) is 11.8 Å². The maximum absolute atomic E-state index is 13.1. The Balaban J connectivity index is 2.22. The highest BCUT2D eigenvalue weighted by Crippen LogP contribution is 2.32. The van der Waals surface area contributed by atoms with Crippen LogP contribution in [-0.2, 0) is 12.7 Å². The number of benzene rings is 2. The number of carbonyl (C=O) groups excluding carboxylic acids is 1. The molecule has 0 spiro atoms. The summed E-state index contributed by atoms with van der Waals surface area (Å²) >= 11 is 1.13. The molecule has 0 unspecified atom stereocenters. The van der Waals surface area contributed by atoms with Crippen molar-refractivity contribution in [2.45, 2.75) is 17.6 Å². The molecule has 0 saturated carbocycles. The van der Waals surface area contributed by atoms with E-state index in [-0.39, 0.29) is 16.8 Å². The minimum absolute atomic E-state index is 0.0647. The first-order valence-electron chi connectivity index (χ1n) is 7.09. The topological polar surface area (TPSA) is 72.2 Å². The van der Waals surface area contributed by atoms with E-state index < -0.39 is 34.9 Å². The van der Waals surface area contributed by atoms with E-state index >= 15 is 0 Å². The number of hydrogen-bond donors (Lipinski definition) is 1. The summed E-state index contributed by atoms with van der Waals surface area (Å²) in [6.45, 7) is -0.508. The summed E-state index contributed by atoms with van der Waals surface area (Å²) in [5.41, 5.74) is -1.85. The minimum Gasteiger partial charge on any atom is -0.348 e. The molecule has 2 rings (SSSR count). The maximum Gasteiger partial charge on any atom is 0.416 e. The fraction of sp³-hybridized carbons (Fsp3) is 0.188. The summed E-state index contributed by atoms with van der Waals surface area (Å²) in [6.07, 6.45) is -3.14. The summed E-state index contributed by atoms with van der Waals surface area (Å²) in [7, 11) is 0. The van der Waals surface area contributed by atoms with Crippen LogP contribution in [0.15, 0.2) is 41.3 Å². The van der Waals surface area contributed by atoms with Crippen LogP contribution < -0.4 is 5.32 Å². The molecule has 1 N–H and O–H groups in total. The third-order valence-electron chi connectivity index (χ3n) is 3.45. The molecule has 0 aliphatic rings. The van der Waals surface area contributed by atoms with E-state index in [0.717, 1.165) is 30.0 Å². The zero-order valence-electron chi connectivity index (χ0n) is 13.3. The normalized spacial score (nSPS) is 11.3. The second kappa shape index (κ2) is 7.73. The van der Waals surface area contributed by atoms with Gasteiger partial charge in [-0.1, -0.05) is 6.07 Å². The summed E-state index contributed by atoms with van der Waals surface area (Å²) < 4.78 is 51.9. The van der Waals surface area contributed by atoms with Crippen molar-refractivity contribution < 1.29 is 27.3 Å². The van der Waals surface area contributed by atoms with E-state index in [2.05, 4.69) is 5.32 Å². The summed E-state index contributed by atoms with van der Waals surface area (Å²) in [5, 5.41) is 13.3. The van der Waals surface area contributed by atoms with Crippen molar-refractivity contribution in [2.75, 3.05) is 6.26 Å². The third-order valence-corrected chi connectivity index (χ3v) is 4.24. The number of amides is 1. The van der Waals surface area contributed by atoms with Gasteiger partial charge in [0.1, 0.15) is 5.82 Å². The standard InChI is InChI=1S/C16H12F4N2O3S/c1-26-14-5-3-9(6-13(14)22(24)25)15(23)21-8-10-2-4-11(17)7-12(10)16(18,19)20/h2-7H,8H2,1H3,(H,21,23). The average molecular weight is 388 g/mol. The molecule has 0 aliphatic carbocycles. The molecule has 1 amide bonds. The Hall–Kier alpha value is -2.62. The van der Waals surface area contributed by atoms with Crippen LogP contribution in [-0.4, -0.2) is 17.1 Å². The average Bonchev–Trinajstić information content (AvgIpc) is 2.58. The number of nitro benzene ring substituents is 1. The smallest absolute Gasteiger partial charge is 0.348 e. The van der Waals surface area contributed by atoms with Gasteiger partial charge in [-0.2, -0.15) is 13.2 Å². The number of nitrogens with zero attached hydrogens (tertiary/aromatic N) is 1. The van der Waals surface area contributed by atoms with Crippen molar-refractivity contribution in [3.8, 4) is 0 Å². The van der Waals surface area contributed by atoms with Gasteiger partial charge >= 0.3 is 6.18 Å². The van der Waals surface area contributed by atoms with Gasteiger partial charge in [-0.25, -0.2) is 4.39 Å². The molecule has 26 heavy (non-hydrogen) atoms. The van der Waals surface area contributed by atoms with Crippen molar-refractivity contribution in [3.63, 3.8) is 0 Å². The monoisotopic (exact) mass is 388 g/mol. The summed E-state index contributed by atoms with van der Waals surface area (Å²) in [6, 6.07) is 5.91. The molecular weight excluding hydrogens is 376 g/mol. The maximum atomic E-state index is 13.1. The molecule has 138 valence electrons. The lowest BCUT2D eigenvalue weighted by molar-refractivity contribution is -0.387. The Labute approximate surface area is 149 Å². The lowest BCUT2D eigenvalue weighted by atomic mass is 10.1. The van der Waals surface area contributed by atoms with E-state index in [1.807, 2.05) is 0 Å². The molecule has 0 aliphatic heterocycles. The van der Waals surface area contributed by atoms with E-state index in [4.69, 9.17) is 0 Å². The molecular formula is C16H12F4N2O3S. The van der Waals surface area contributed by atoms with Gasteiger partial charge in [0.05, 0.1) is 15.4 Å². The van der Waals surface area contributed by atoms with E-state index in [1.165, 1.54) is 12.1 Å². The molecule has 0 radical (unpaired) electrons. The first kappa shape index (κ1) is 19.7. The SMILES string of the molecule is CSc1ccc(C(=O)NCc2ccc(F)cc2C(F)(F)F)cc1[N+](=O)[O-]. The highest BCUT2D eigenvalue weighted by Gasteiger charge is 2.33. The Morgan fingerprint density at radius 3 is 2.50 bits per heavy atom. The van der Waals surface area contributed by atoms with Crippen LogP contribution in [0.3, 0.4) is 0 Å². The zero-order valence-corrected chi connectivity index (χ0v) is 14.1. The van der Waals surface area contributed by atoms with Crippen molar-refractivity contribution in [1.29, 1.82) is 0 Å². The largest absolute Gasteiger partial charge is 0.416 e. The number of rotatable bonds is 5. The summed E-state index contributed by atoms with van der Waals surface area (Å²) in [5.74, 6) is -1.83. The number of nitrogens with one attached hydrogen (secondary N) is 1. The quantitative estimate of drug-likeness (QED) is 0.357. The number of nitro groups is 1. The van der Waals surface area contributed by atoms with Gasteiger partial charge in [-0.05, 0) is 36.1 Å². The highest BCUT2D eigenvalue weighted by molar-refractivity contribution is 7.98. The van der Waals surface area contributed by atoms with Crippen molar-refractivity contribution in [2.24, 2.45) is 0 Å². The van der Waals surface area contributed by atoms with Crippen molar-refractivity contribution in [1.82, 2.24) is 5.32 Å². The Kier molecular flexibility index (Phi) is 5.86. The van der Waals surface area contributed by atoms with Crippen LogP contribution in [0, 0.1) is 15.9 Å².